The third-order valence-electron chi connectivity index (χ3n) is 5.21. The van der Waals surface area contributed by atoms with Crippen molar-refractivity contribution in [1.29, 1.82) is 0 Å². The Morgan fingerprint density at radius 3 is 2.92 bits per heavy atom. The molecule has 0 spiro atoms. The molecule has 0 radical (unpaired) electrons. The van der Waals surface area contributed by atoms with E-state index in [4.69, 9.17) is 0 Å². The molecule has 6 heteroatoms. The monoisotopic (exact) mass is 347 g/mol. The fraction of sp³-hybridized carbons (Fsp3) is 0.526. The highest BCUT2D eigenvalue weighted by Gasteiger charge is 2.41. The Morgan fingerprint density at radius 1 is 1.40 bits per heavy atom. The molecular weight excluding hydrogens is 321 g/mol. The lowest BCUT2D eigenvalue weighted by atomic mass is 9.74. The van der Waals surface area contributed by atoms with Crippen LogP contribution in [0.25, 0.3) is 5.69 Å². The summed E-state index contributed by atoms with van der Waals surface area (Å²) >= 11 is 0. The lowest BCUT2D eigenvalue weighted by Crippen LogP contribution is -2.53. The van der Waals surface area contributed by atoms with Crippen molar-refractivity contribution in [3.8, 4) is 5.69 Å². The SMILES string of the molecule is CCC[C@@]1(CO)CN(Cc2cc(F)ccc2-n2cccn2)CC[C@@H]1O. The molecule has 0 unspecified atom stereocenters. The molecule has 0 amide bonds. The molecule has 0 aliphatic carbocycles. The van der Waals surface area contributed by atoms with E-state index in [1.54, 1.807) is 23.0 Å². The number of piperidine rings is 1. The van der Waals surface area contributed by atoms with Gasteiger partial charge in [0.2, 0.25) is 0 Å². The van der Waals surface area contributed by atoms with Crippen LogP contribution in [0.15, 0.2) is 36.7 Å². The second kappa shape index (κ2) is 7.64. The van der Waals surface area contributed by atoms with Crippen molar-refractivity contribution in [1.82, 2.24) is 14.7 Å². The molecule has 1 aromatic carbocycles. The number of aliphatic hydroxyl groups is 2. The van der Waals surface area contributed by atoms with Crippen molar-refractivity contribution >= 4 is 0 Å². The first-order valence-electron chi connectivity index (χ1n) is 8.88. The van der Waals surface area contributed by atoms with E-state index < -0.39 is 11.5 Å². The van der Waals surface area contributed by atoms with Gasteiger partial charge in [-0.25, -0.2) is 9.07 Å². The molecule has 2 atom stereocenters. The topological polar surface area (TPSA) is 61.5 Å². The maximum absolute atomic E-state index is 13.8. The smallest absolute Gasteiger partial charge is 0.123 e. The van der Waals surface area contributed by atoms with Gasteiger partial charge in [-0.05, 0) is 42.7 Å². The largest absolute Gasteiger partial charge is 0.396 e. The summed E-state index contributed by atoms with van der Waals surface area (Å²) in [6.45, 7) is 3.92. The van der Waals surface area contributed by atoms with Crippen molar-refractivity contribution < 1.29 is 14.6 Å². The maximum Gasteiger partial charge on any atom is 0.123 e. The zero-order chi connectivity index (χ0) is 17.9. The maximum atomic E-state index is 13.8. The molecule has 0 bridgehead atoms. The zero-order valence-corrected chi connectivity index (χ0v) is 14.6. The fourth-order valence-corrected chi connectivity index (χ4v) is 3.91. The van der Waals surface area contributed by atoms with Crippen molar-refractivity contribution in [3.05, 3.63) is 48.0 Å². The summed E-state index contributed by atoms with van der Waals surface area (Å²) in [5.74, 6) is -0.273. The molecule has 1 saturated heterocycles. The zero-order valence-electron chi connectivity index (χ0n) is 14.6. The Bertz CT molecular complexity index is 692. The number of rotatable bonds is 6. The summed E-state index contributed by atoms with van der Waals surface area (Å²) in [6, 6.07) is 6.56. The third-order valence-corrected chi connectivity index (χ3v) is 5.21. The molecule has 2 aromatic rings. The molecule has 1 fully saturated rings. The van der Waals surface area contributed by atoms with E-state index in [0.29, 0.717) is 19.5 Å². The van der Waals surface area contributed by atoms with Gasteiger partial charge >= 0.3 is 0 Å². The van der Waals surface area contributed by atoms with Crippen LogP contribution in [0.3, 0.4) is 0 Å². The van der Waals surface area contributed by atoms with Crippen molar-refractivity contribution in [2.45, 2.75) is 38.8 Å². The minimum atomic E-state index is -0.494. The highest BCUT2D eigenvalue weighted by molar-refractivity contribution is 5.40. The van der Waals surface area contributed by atoms with E-state index in [-0.39, 0.29) is 12.4 Å². The second-order valence-electron chi connectivity index (χ2n) is 7.01. The molecule has 1 aliphatic heterocycles. The fourth-order valence-electron chi connectivity index (χ4n) is 3.91. The van der Waals surface area contributed by atoms with E-state index in [0.717, 1.165) is 30.6 Å². The van der Waals surface area contributed by atoms with Gasteiger partial charge in [-0.15, -0.1) is 0 Å². The lowest BCUT2D eigenvalue weighted by Gasteiger charge is -2.45. The number of halogens is 1. The molecule has 1 aromatic heterocycles. The van der Waals surface area contributed by atoms with E-state index in [1.807, 2.05) is 12.3 Å². The average Bonchev–Trinajstić information content (AvgIpc) is 3.12. The summed E-state index contributed by atoms with van der Waals surface area (Å²) < 4.78 is 15.6. The van der Waals surface area contributed by atoms with Crippen LogP contribution >= 0.6 is 0 Å². The Balaban J connectivity index is 1.84. The van der Waals surface area contributed by atoms with E-state index in [1.165, 1.54) is 6.07 Å². The van der Waals surface area contributed by atoms with Crippen LogP contribution in [0, 0.1) is 11.2 Å². The number of likely N-dealkylation sites (tertiary alicyclic amines) is 1. The quantitative estimate of drug-likeness (QED) is 0.842. The summed E-state index contributed by atoms with van der Waals surface area (Å²) in [7, 11) is 0. The molecule has 136 valence electrons. The van der Waals surface area contributed by atoms with Gasteiger partial charge in [0.15, 0.2) is 0 Å². The van der Waals surface area contributed by atoms with E-state index in [9.17, 15) is 14.6 Å². The Morgan fingerprint density at radius 2 is 2.24 bits per heavy atom. The molecule has 2 heterocycles. The molecule has 25 heavy (non-hydrogen) atoms. The van der Waals surface area contributed by atoms with Gasteiger partial charge in [-0.3, -0.25) is 4.90 Å². The minimum Gasteiger partial charge on any atom is -0.396 e. The van der Waals surface area contributed by atoms with E-state index in [2.05, 4.69) is 16.9 Å². The summed E-state index contributed by atoms with van der Waals surface area (Å²) in [6.07, 6.45) is 5.34. The van der Waals surface area contributed by atoms with Gasteiger partial charge < -0.3 is 10.2 Å². The summed E-state index contributed by atoms with van der Waals surface area (Å²) in [5.41, 5.74) is 1.21. The number of nitrogens with zero attached hydrogens (tertiary/aromatic N) is 3. The van der Waals surface area contributed by atoms with Crippen LogP contribution in [0.1, 0.15) is 31.7 Å². The van der Waals surface area contributed by atoms with Crippen LogP contribution in [0.2, 0.25) is 0 Å². The third kappa shape index (κ3) is 3.76. The minimum absolute atomic E-state index is 0.0341. The van der Waals surface area contributed by atoms with Gasteiger partial charge in [0.1, 0.15) is 5.82 Å². The first kappa shape index (κ1) is 18.0. The normalized spacial score (nSPS) is 24.6. The predicted octanol–water partition coefficient (Wildman–Crippen LogP) is 2.36. The molecule has 0 saturated carbocycles. The number of aromatic nitrogens is 2. The Hall–Kier alpha value is -1.76. The molecule has 2 N–H and O–H groups in total. The summed E-state index contributed by atoms with van der Waals surface area (Å²) in [4.78, 5) is 2.19. The first-order chi connectivity index (χ1) is 12.1. The van der Waals surface area contributed by atoms with Crippen molar-refractivity contribution in [2.75, 3.05) is 19.7 Å². The number of hydrogen-bond donors (Lipinski definition) is 2. The van der Waals surface area contributed by atoms with Gasteiger partial charge in [0.25, 0.3) is 0 Å². The van der Waals surface area contributed by atoms with E-state index >= 15 is 0 Å². The van der Waals surface area contributed by atoms with Gasteiger partial charge in [0, 0.05) is 37.4 Å². The molecule has 3 rings (SSSR count). The van der Waals surface area contributed by atoms with Gasteiger partial charge in [-0.2, -0.15) is 5.10 Å². The van der Waals surface area contributed by atoms with Crippen molar-refractivity contribution in [3.63, 3.8) is 0 Å². The van der Waals surface area contributed by atoms with Crippen LogP contribution in [0.5, 0.6) is 0 Å². The predicted molar refractivity (Wildman–Crippen MR) is 93.8 cm³/mol. The Labute approximate surface area is 147 Å². The highest BCUT2D eigenvalue weighted by atomic mass is 19.1. The van der Waals surface area contributed by atoms with Gasteiger partial charge in [0.05, 0.1) is 18.4 Å². The van der Waals surface area contributed by atoms with Crippen LogP contribution in [0.4, 0.5) is 4.39 Å². The first-order valence-corrected chi connectivity index (χ1v) is 8.88. The van der Waals surface area contributed by atoms with Crippen LogP contribution in [-0.4, -0.2) is 50.7 Å². The number of hydrogen-bond acceptors (Lipinski definition) is 4. The number of benzene rings is 1. The van der Waals surface area contributed by atoms with Crippen molar-refractivity contribution in [2.24, 2.45) is 5.41 Å². The Kier molecular flexibility index (Phi) is 5.51. The van der Waals surface area contributed by atoms with Gasteiger partial charge in [-0.1, -0.05) is 13.3 Å². The standard InChI is InChI=1S/C19H26FN3O2/c1-2-7-19(14-24)13-22(10-6-18(19)25)12-15-11-16(20)4-5-17(15)23-9-3-8-21-23/h3-5,8-9,11,18,24-25H,2,6-7,10,12-14H2,1H3/t18-,19-/m0/s1. The lowest BCUT2D eigenvalue weighted by molar-refractivity contribution is -0.0819. The van der Waals surface area contributed by atoms with Crippen LogP contribution < -0.4 is 0 Å². The van der Waals surface area contributed by atoms with Crippen LogP contribution in [-0.2, 0) is 6.54 Å². The molecule has 5 nitrogen and oxygen atoms in total. The highest BCUT2D eigenvalue weighted by Crippen LogP contribution is 2.35. The molecular formula is C19H26FN3O2. The average molecular weight is 347 g/mol. The molecule has 1 aliphatic rings. The number of aliphatic hydroxyl groups excluding tert-OH is 2. The second-order valence-corrected chi connectivity index (χ2v) is 7.01. The summed E-state index contributed by atoms with van der Waals surface area (Å²) in [5, 5.41) is 24.6.